The molecule has 6 nitrogen and oxygen atoms in total. The van der Waals surface area contributed by atoms with E-state index >= 15 is 0 Å². The zero-order chi connectivity index (χ0) is 14.3. The summed E-state index contributed by atoms with van der Waals surface area (Å²) in [6, 6.07) is 6.14. The fourth-order valence-corrected chi connectivity index (χ4v) is 2.30. The minimum Gasteiger partial charge on any atom is -0.396 e. The largest absolute Gasteiger partial charge is 0.396 e. The van der Waals surface area contributed by atoms with E-state index in [-0.39, 0.29) is 23.9 Å². The molecule has 0 fully saturated rings. The molecule has 0 spiro atoms. The quantitative estimate of drug-likeness (QED) is 0.585. The first-order valence-corrected chi connectivity index (χ1v) is 7.06. The highest BCUT2D eigenvalue weighted by Gasteiger charge is 2.17. The van der Waals surface area contributed by atoms with Crippen molar-refractivity contribution in [2.75, 3.05) is 23.9 Å². The molecule has 1 atom stereocenters. The average molecular weight is 281 g/mol. The van der Waals surface area contributed by atoms with Crippen LogP contribution >= 0.6 is 11.8 Å². The number of aliphatic hydroxyl groups excluding tert-OH is 1. The predicted molar refractivity (Wildman–Crippen MR) is 75.3 cm³/mol. The van der Waals surface area contributed by atoms with Crippen LogP contribution in [0.15, 0.2) is 18.2 Å². The molecule has 0 radical (unpaired) electrons. The average Bonchev–Trinajstić information content (AvgIpc) is 2.39. The number of nitriles is 1. The van der Waals surface area contributed by atoms with Crippen molar-refractivity contribution in [3.05, 3.63) is 33.9 Å². The van der Waals surface area contributed by atoms with Gasteiger partial charge in [-0.1, -0.05) is 0 Å². The third-order valence-electron chi connectivity index (χ3n) is 2.53. The van der Waals surface area contributed by atoms with Gasteiger partial charge >= 0.3 is 0 Å². The minimum atomic E-state index is -0.516. The SMILES string of the molecule is CSC[C@@H](CCO)Nc1ccc(C#N)cc1[N+](=O)[O-]. The summed E-state index contributed by atoms with van der Waals surface area (Å²) in [5.74, 6) is 0.734. The van der Waals surface area contributed by atoms with E-state index in [1.54, 1.807) is 11.8 Å². The van der Waals surface area contributed by atoms with Gasteiger partial charge in [0.25, 0.3) is 5.69 Å². The molecule has 0 bridgehead atoms. The maximum atomic E-state index is 11.0. The molecule has 0 aromatic heterocycles. The number of thioether (sulfide) groups is 1. The van der Waals surface area contributed by atoms with Gasteiger partial charge < -0.3 is 10.4 Å². The molecule has 1 aromatic carbocycles. The molecule has 19 heavy (non-hydrogen) atoms. The van der Waals surface area contributed by atoms with E-state index in [1.165, 1.54) is 18.2 Å². The van der Waals surface area contributed by atoms with E-state index in [9.17, 15) is 10.1 Å². The van der Waals surface area contributed by atoms with Crippen LogP contribution in [-0.4, -0.2) is 34.7 Å². The Bertz CT molecular complexity index is 482. The molecule has 0 aliphatic rings. The summed E-state index contributed by atoms with van der Waals surface area (Å²) >= 11 is 1.60. The predicted octanol–water partition coefficient (Wildman–Crippen LogP) is 1.99. The Morgan fingerprint density at radius 1 is 1.63 bits per heavy atom. The van der Waals surface area contributed by atoms with Gasteiger partial charge in [0, 0.05) is 24.5 Å². The van der Waals surface area contributed by atoms with Crippen molar-refractivity contribution < 1.29 is 10.0 Å². The molecular formula is C12H15N3O3S. The van der Waals surface area contributed by atoms with Crippen LogP contribution in [-0.2, 0) is 0 Å². The van der Waals surface area contributed by atoms with Gasteiger partial charge in [0.15, 0.2) is 0 Å². The van der Waals surface area contributed by atoms with Gasteiger partial charge in [0.2, 0.25) is 0 Å². The molecule has 0 aliphatic carbocycles. The Balaban J connectivity index is 2.98. The summed E-state index contributed by atoms with van der Waals surface area (Å²) in [5, 5.41) is 31.8. The topological polar surface area (TPSA) is 99.2 Å². The third-order valence-corrected chi connectivity index (χ3v) is 3.26. The normalized spacial score (nSPS) is 11.6. The smallest absolute Gasteiger partial charge is 0.293 e. The van der Waals surface area contributed by atoms with Gasteiger partial charge in [-0.15, -0.1) is 0 Å². The van der Waals surface area contributed by atoms with E-state index in [0.717, 1.165) is 5.75 Å². The lowest BCUT2D eigenvalue weighted by Crippen LogP contribution is -2.24. The molecule has 7 heteroatoms. The highest BCUT2D eigenvalue weighted by Crippen LogP contribution is 2.26. The number of hydrogen-bond acceptors (Lipinski definition) is 6. The Morgan fingerprint density at radius 2 is 2.37 bits per heavy atom. The van der Waals surface area contributed by atoms with Gasteiger partial charge in [0.05, 0.1) is 16.6 Å². The zero-order valence-corrected chi connectivity index (χ0v) is 11.3. The molecule has 1 aromatic rings. The lowest BCUT2D eigenvalue weighted by atomic mass is 10.1. The van der Waals surface area contributed by atoms with Crippen molar-refractivity contribution in [3.63, 3.8) is 0 Å². The molecular weight excluding hydrogens is 266 g/mol. The van der Waals surface area contributed by atoms with Gasteiger partial charge in [-0.25, -0.2) is 0 Å². The van der Waals surface area contributed by atoms with Crippen molar-refractivity contribution in [2.45, 2.75) is 12.5 Å². The number of hydrogen-bond donors (Lipinski definition) is 2. The van der Waals surface area contributed by atoms with Crippen LogP contribution in [0.4, 0.5) is 11.4 Å². The first-order chi connectivity index (χ1) is 9.12. The van der Waals surface area contributed by atoms with Crippen LogP contribution in [0, 0.1) is 21.4 Å². The summed E-state index contributed by atoms with van der Waals surface area (Å²) in [7, 11) is 0. The number of nitro groups is 1. The van der Waals surface area contributed by atoms with Gasteiger partial charge in [-0.05, 0) is 24.8 Å². The van der Waals surface area contributed by atoms with Crippen molar-refractivity contribution in [2.24, 2.45) is 0 Å². The fraction of sp³-hybridized carbons (Fsp3) is 0.417. The van der Waals surface area contributed by atoms with Crippen LogP contribution < -0.4 is 5.32 Å². The summed E-state index contributed by atoms with van der Waals surface area (Å²) in [6.45, 7) is 0.0162. The van der Waals surface area contributed by atoms with Crippen molar-refractivity contribution in [3.8, 4) is 6.07 Å². The Morgan fingerprint density at radius 3 is 2.89 bits per heavy atom. The summed E-state index contributed by atoms with van der Waals surface area (Å²) in [6.07, 6.45) is 2.44. The number of nitrogens with zero attached hydrogens (tertiary/aromatic N) is 2. The standard InChI is InChI=1S/C12H15N3O3S/c1-19-8-10(4-5-16)14-11-3-2-9(7-13)6-12(11)15(17)18/h2-3,6,10,14,16H,4-5,8H2,1H3/t10-/m1/s1. The first-order valence-electron chi connectivity index (χ1n) is 5.67. The second kappa shape index (κ2) is 7.61. The number of nitro benzene ring substituents is 1. The van der Waals surface area contributed by atoms with Crippen LogP contribution in [0.5, 0.6) is 0 Å². The van der Waals surface area contributed by atoms with Gasteiger partial charge in [-0.2, -0.15) is 17.0 Å². The van der Waals surface area contributed by atoms with Crippen LogP contribution in [0.2, 0.25) is 0 Å². The lowest BCUT2D eigenvalue weighted by molar-refractivity contribution is -0.384. The highest BCUT2D eigenvalue weighted by atomic mass is 32.2. The second-order valence-electron chi connectivity index (χ2n) is 3.91. The Hall–Kier alpha value is -1.78. The lowest BCUT2D eigenvalue weighted by Gasteiger charge is -2.17. The molecule has 0 aliphatic heterocycles. The van der Waals surface area contributed by atoms with Gasteiger partial charge in [-0.3, -0.25) is 10.1 Å². The number of benzene rings is 1. The third kappa shape index (κ3) is 4.43. The highest BCUT2D eigenvalue weighted by molar-refractivity contribution is 7.98. The van der Waals surface area contributed by atoms with Crippen molar-refractivity contribution in [1.82, 2.24) is 0 Å². The zero-order valence-electron chi connectivity index (χ0n) is 10.5. The van der Waals surface area contributed by atoms with E-state index in [4.69, 9.17) is 10.4 Å². The number of aliphatic hydroxyl groups is 1. The van der Waals surface area contributed by atoms with E-state index in [2.05, 4.69) is 5.32 Å². The van der Waals surface area contributed by atoms with E-state index in [1.807, 2.05) is 12.3 Å². The van der Waals surface area contributed by atoms with Crippen molar-refractivity contribution in [1.29, 1.82) is 5.26 Å². The van der Waals surface area contributed by atoms with Crippen LogP contribution in [0.25, 0.3) is 0 Å². The van der Waals surface area contributed by atoms with Gasteiger partial charge in [0.1, 0.15) is 5.69 Å². The molecule has 0 heterocycles. The van der Waals surface area contributed by atoms with Crippen molar-refractivity contribution >= 4 is 23.1 Å². The Kier molecular flexibility index (Phi) is 6.12. The maximum Gasteiger partial charge on any atom is 0.293 e. The fourth-order valence-electron chi connectivity index (χ4n) is 1.65. The molecule has 102 valence electrons. The van der Waals surface area contributed by atoms with Crippen LogP contribution in [0.3, 0.4) is 0 Å². The van der Waals surface area contributed by atoms with E-state index in [0.29, 0.717) is 12.1 Å². The summed E-state index contributed by atoms with van der Waals surface area (Å²) in [5.41, 5.74) is 0.500. The molecule has 0 saturated heterocycles. The second-order valence-corrected chi connectivity index (χ2v) is 4.82. The minimum absolute atomic E-state index is 0.0162. The molecule has 0 unspecified atom stereocenters. The number of anilines is 1. The van der Waals surface area contributed by atoms with Crippen LogP contribution in [0.1, 0.15) is 12.0 Å². The number of nitrogens with one attached hydrogen (secondary N) is 1. The maximum absolute atomic E-state index is 11.0. The Labute approximate surface area is 115 Å². The molecule has 0 amide bonds. The summed E-state index contributed by atoms with van der Waals surface area (Å²) < 4.78 is 0. The number of rotatable bonds is 7. The summed E-state index contributed by atoms with van der Waals surface area (Å²) in [4.78, 5) is 10.5. The first kappa shape index (κ1) is 15.3. The molecule has 1 rings (SSSR count). The van der Waals surface area contributed by atoms with E-state index < -0.39 is 4.92 Å². The molecule has 2 N–H and O–H groups in total. The molecule has 0 saturated carbocycles. The monoisotopic (exact) mass is 281 g/mol.